The molecule has 0 fully saturated rings. The molecule has 110 valence electrons. The van der Waals surface area contributed by atoms with Crippen LogP contribution in [0.3, 0.4) is 0 Å². The second-order valence-corrected chi connectivity index (χ2v) is 6.61. The Labute approximate surface area is 120 Å². The summed E-state index contributed by atoms with van der Waals surface area (Å²) in [5.41, 5.74) is 7.40. The third-order valence-electron chi connectivity index (χ3n) is 2.85. The van der Waals surface area contributed by atoms with Crippen LogP contribution in [0.4, 0.5) is 11.4 Å². The maximum Gasteiger partial charge on any atom is 0.226 e. The van der Waals surface area contributed by atoms with Crippen LogP contribution in [-0.4, -0.2) is 11.7 Å². The number of hydrogen-bond acceptors (Lipinski definition) is 3. The monoisotopic (exact) mass is 276 g/mol. The van der Waals surface area contributed by atoms with Crippen molar-refractivity contribution in [1.29, 1.82) is 0 Å². The zero-order valence-electron chi connectivity index (χ0n) is 12.9. The van der Waals surface area contributed by atoms with Gasteiger partial charge in [-0.25, -0.2) is 0 Å². The Morgan fingerprint density at radius 2 is 1.85 bits per heavy atom. The highest BCUT2D eigenvalue weighted by molar-refractivity contribution is 6.00. The van der Waals surface area contributed by atoms with Crippen molar-refractivity contribution in [2.75, 3.05) is 11.1 Å². The summed E-state index contributed by atoms with van der Waals surface area (Å²) in [6.45, 7) is 9.68. The fraction of sp³-hybridized carbons (Fsp3) is 0.500. The Morgan fingerprint density at radius 1 is 1.25 bits per heavy atom. The van der Waals surface area contributed by atoms with E-state index in [1.54, 1.807) is 18.2 Å². The molecule has 0 spiro atoms. The maximum atomic E-state index is 12.1. The second kappa shape index (κ2) is 6.07. The third-order valence-corrected chi connectivity index (χ3v) is 2.85. The minimum Gasteiger partial charge on any atom is -0.397 e. The molecule has 4 nitrogen and oxygen atoms in total. The molecule has 0 heterocycles. The van der Waals surface area contributed by atoms with E-state index in [9.17, 15) is 9.59 Å². The fourth-order valence-corrected chi connectivity index (χ4v) is 1.71. The van der Waals surface area contributed by atoms with Gasteiger partial charge in [0.2, 0.25) is 5.91 Å². The lowest BCUT2D eigenvalue weighted by molar-refractivity contribution is -0.118. The molecular weight excluding hydrogens is 252 g/mol. The number of anilines is 2. The molecule has 1 aromatic carbocycles. The van der Waals surface area contributed by atoms with Crippen LogP contribution >= 0.6 is 0 Å². The van der Waals surface area contributed by atoms with Gasteiger partial charge in [-0.1, -0.05) is 34.6 Å². The molecule has 20 heavy (non-hydrogen) atoms. The van der Waals surface area contributed by atoms with Crippen LogP contribution in [0.2, 0.25) is 0 Å². The van der Waals surface area contributed by atoms with Gasteiger partial charge in [0.1, 0.15) is 0 Å². The Balaban J connectivity index is 2.88. The number of nitrogens with one attached hydrogen (secondary N) is 1. The zero-order valence-corrected chi connectivity index (χ0v) is 12.9. The van der Waals surface area contributed by atoms with Crippen LogP contribution in [-0.2, 0) is 4.79 Å². The van der Waals surface area contributed by atoms with Gasteiger partial charge in [-0.2, -0.15) is 0 Å². The number of amides is 1. The minimum absolute atomic E-state index is 0.0592. The summed E-state index contributed by atoms with van der Waals surface area (Å²) in [6, 6.07) is 5.02. The summed E-state index contributed by atoms with van der Waals surface area (Å²) >= 11 is 0. The molecule has 3 N–H and O–H groups in total. The van der Waals surface area contributed by atoms with Gasteiger partial charge in [-0.05, 0) is 23.6 Å². The van der Waals surface area contributed by atoms with Gasteiger partial charge in [0.15, 0.2) is 5.78 Å². The van der Waals surface area contributed by atoms with Gasteiger partial charge >= 0.3 is 0 Å². The Bertz CT molecular complexity index is 514. The van der Waals surface area contributed by atoms with E-state index in [1.165, 1.54) is 0 Å². The number of nitrogens with two attached hydrogens (primary N) is 1. The van der Waals surface area contributed by atoms with E-state index in [4.69, 9.17) is 5.73 Å². The topological polar surface area (TPSA) is 72.2 Å². The van der Waals surface area contributed by atoms with Crippen molar-refractivity contribution in [1.82, 2.24) is 0 Å². The quantitative estimate of drug-likeness (QED) is 0.653. The molecular formula is C16H24N2O2. The van der Waals surface area contributed by atoms with Crippen molar-refractivity contribution in [3.63, 3.8) is 0 Å². The zero-order chi connectivity index (χ0) is 15.5. The van der Waals surface area contributed by atoms with Gasteiger partial charge in [-0.3, -0.25) is 9.59 Å². The summed E-state index contributed by atoms with van der Waals surface area (Å²) in [6.07, 6.45) is 0.462. The van der Waals surface area contributed by atoms with Crippen LogP contribution in [0.25, 0.3) is 0 Å². The largest absolute Gasteiger partial charge is 0.397 e. The first-order valence-electron chi connectivity index (χ1n) is 6.84. The van der Waals surface area contributed by atoms with Gasteiger partial charge in [-0.15, -0.1) is 0 Å². The molecule has 4 heteroatoms. The van der Waals surface area contributed by atoms with Crippen molar-refractivity contribution in [2.45, 2.75) is 41.0 Å². The third kappa shape index (κ3) is 4.68. The molecule has 1 amide bonds. The number of ketones is 1. The van der Waals surface area contributed by atoms with Crippen LogP contribution in [0.15, 0.2) is 18.2 Å². The Morgan fingerprint density at radius 3 is 2.30 bits per heavy atom. The summed E-state index contributed by atoms with van der Waals surface area (Å²) in [5, 5.41) is 2.75. The molecule has 0 unspecified atom stereocenters. The minimum atomic E-state index is -0.114. The standard InChI is InChI=1S/C16H24N2O2/c1-10(2)15(20)18-13-7-6-11(8-12(13)17)14(19)9-16(3,4)5/h6-8,10H,9,17H2,1-5H3,(H,18,20). The number of hydrogen-bond donors (Lipinski definition) is 2. The average Bonchev–Trinajstić information content (AvgIpc) is 2.29. The number of nitrogen functional groups attached to an aromatic ring is 1. The summed E-state index contributed by atoms with van der Waals surface area (Å²) in [4.78, 5) is 23.7. The number of carbonyl (C=O) groups is 2. The van der Waals surface area contributed by atoms with E-state index in [-0.39, 0.29) is 23.0 Å². The van der Waals surface area contributed by atoms with Crippen LogP contribution in [0.5, 0.6) is 0 Å². The molecule has 0 atom stereocenters. The predicted octanol–water partition coefficient (Wildman–Crippen LogP) is 3.48. The average molecular weight is 276 g/mol. The van der Waals surface area contributed by atoms with Gasteiger partial charge in [0.05, 0.1) is 11.4 Å². The Kier molecular flexibility index (Phi) is 4.93. The molecule has 0 radical (unpaired) electrons. The van der Waals surface area contributed by atoms with Crippen molar-refractivity contribution < 1.29 is 9.59 Å². The van der Waals surface area contributed by atoms with Crippen molar-refractivity contribution in [3.8, 4) is 0 Å². The molecule has 0 saturated heterocycles. The highest BCUT2D eigenvalue weighted by atomic mass is 16.1. The molecule has 1 aromatic rings. The van der Waals surface area contributed by atoms with Gasteiger partial charge < -0.3 is 11.1 Å². The lowest BCUT2D eigenvalue weighted by Crippen LogP contribution is -2.19. The molecule has 0 bridgehead atoms. The normalized spacial score (nSPS) is 11.5. The first kappa shape index (κ1) is 16.2. The van der Waals surface area contributed by atoms with Crippen LogP contribution < -0.4 is 11.1 Å². The van der Waals surface area contributed by atoms with E-state index in [1.807, 2.05) is 34.6 Å². The SMILES string of the molecule is CC(C)C(=O)Nc1ccc(C(=O)CC(C)(C)C)cc1N. The van der Waals surface area contributed by atoms with E-state index < -0.39 is 0 Å². The maximum absolute atomic E-state index is 12.1. The van der Waals surface area contributed by atoms with E-state index in [0.717, 1.165) is 0 Å². The highest BCUT2D eigenvalue weighted by Crippen LogP contribution is 2.25. The van der Waals surface area contributed by atoms with E-state index >= 15 is 0 Å². The fourth-order valence-electron chi connectivity index (χ4n) is 1.71. The first-order chi connectivity index (χ1) is 9.10. The van der Waals surface area contributed by atoms with Crippen molar-refractivity contribution in [2.24, 2.45) is 11.3 Å². The lowest BCUT2D eigenvalue weighted by Gasteiger charge is -2.17. The van der Waals surface area contributed by atoms with Crippen LogP contribution in [0, 0.1) is 11.3 Å². The summed E-state index contributed by atoms with van der Waals surface area (Å²) in [7, 11) is 0. The first-order valence-corrected chi connectivity index (χ1v) is 6.84. The smallest absolute Gasteiger partial charge is 0.226 e. The lowest BCUT2D eigenvalue weighted by atomic mass is 9.88. The number of Topliss-reactive ketones (excluding diaryl/α,β-unsaturated/α-hetero) is 1. The van der Waals surface area contributed by atoms with Crippen LogP contribution in [0.1, 0.15) is 51.4 Å². The molecule has 0 aromatic heterocycles. The number of rotatable bonds is 4. The predicted molar refractivity (Wildman–Crippen MR) is 82.7 cm³/mol. The number of benzene rings is 1. The summed E-state index contributed by atoms with van der Waals surface area (Å²) < 4.78 is 0. The van der Waals surface area contributed by atoms with E-state index in [0.29, 0.717) is 23.4 Å². The Hall–Kier alpha value is -1.84. The van der Waals surface area contributed by atoms with Gasteiger partial charge in [0, 0.05) is 17.9 Å². The van der Waals surface area contributed by atoms with Gasteiger partial charge in [0.25, 0.3) is 0 Å². The van der Waals surface area contributed by atoms with Crippen molar-refractivity contribution in [3.05, 3.63) is 23.8 Å². The molecule has 0 aliphatic carbocycles. The van der Waals surface area contributed by atoms with Crippen molar-refractivity contribution >= 4 is 23.1 Å². The number of carbonyl (C=O) groups excluding carboxylic acids is 2. The summed E-state index contributed by atoms with van der Waals surface area (Å²) in [5.74, 6) is -0.145. The highest BCUT2D eigenvalue weighted by Gasteiger charge is 2.18. The van der Waals surface area contributed by atoms with E-state index in [2.05, 4.69) is 5.32 Å². The molecule has 0 aliphatic heterocycles. The second-order valence-electron chi connectivity index (χ2n) is 6.61. The molecule has 1 rings (SSSR count). The molecule has 0 aliphatic rings. The molecule has 0 saturated carbocycles.